The van der Waals surface area contributed by atoms with E-state index in [1.807, 2.05) is 18.2 Å². The average molecular weight is 458 g/mol. The van der Waals surface area contributed by atoms with Crippen molar-refractivity contribution in [3.8, 4) is 0 Å². The minimum absolute atomic E-state index is 0.00313. The van der Waals surface area contributed by atoms with E-state index in [2.05, 4.69) is 5.32 Å². The van der Waals surface area contributed by atoms with E-state index in [1.54, 1.807) is 49.9 Å². The van der Waals surface area contributed by atoms with E-state index in [0.29, 0.717) is 55.7 Å². The van der Waals surface area contributed by atoms with Gasteiger partial charge in [0.15, 0.2) is 0 Å². The van der Waals surface area contributed by atoms with Crippen molar-refractivity contribution in [2.24, 2.45) is 0 Å². The van der Waals surface area contributed by atoms with Crippen LogP contribution in [-0.2, 0) is 10.0 Å². The summed E-state index contributed by atoms with van der Waals surface area (Å²) in [6.07, 6.45) is 1.31. The van der Waals surface area contributed by atoms with Gasteiger partial charge in [-0.2, -0.15) is 4.31 Å². The zero-order valence-electron chi connectivity index (χ0n) is 18.9. The summed E-state index contributed by atoms with van der Waals surface area (Å²) >= 11 is 0. The first-order valence-corrected chi connectivity index (χ1v) is 12.5. The molecule has 0 unspecified atom stereocenters. The number of nitrogens with zero attached hydrogens (tertiary/aromatic N) is 2. The van der Waals surface area contributed by atoms with Gasteiger partial charge in [0.2, 0.25) is 10.0 Å². The number of hydrogen-bond donors (Lipinski definition) is 1. The summed E-state index contributed by atoms with van der Waals surface area (Å²) in [7, 11) is -3.65. The summed E-state index contributed by atoms with van der Waals surface area (Å²) in [6, 6.07) is 13.9. The highest BCUT2D eigenvalue weighted by molar-refractivity contribution is 7.89. The van der Waals surface area contributed by atoms with Crippen molar-refractivity contribution in [1.29, 1.82) is 0 Å². The highest BCUT2D eigenvalue weighted by Gasteiger charge is 2.28. The van der Waals surface area contributed by atoms with Gasteiger partial charge in [-0.15, -0.1) is 0 Å². The smallest absolute Gasteiger partial charge is 0.253 e. The fourth-order valence-corrected chi connectivity index (χ4v) is 5.69. The Morgan fingerprint density at radius 2 is 1.62 bits per heavy atom. The summed E-state index contributed by atoms with van der Waals surface area (Å²) in [5, 5.41) is 3.03. The van der Waals surface area contributed by atoms with Crippen molar-refractivity contribution in [3.63, 3.8) is 0 Å². The number of carbonyl (C=O) groups is 2. The summed E-state index contributed by atoms with van der Waals surface area (Å²) in [6.45, 7) is 7.09. The minimum Gasteiger partial charge on any atom is -0.349 e. The Morgan fingerprint density at radius 3 is 2.22 bits per heavy atom. The minimum atomic E-state index is -3.65. The van der Waals surface area contributed by atoms with Crippen LogP contribution in [-0.4, -0.2) is 61.7 Å². The molecule has 2 amide bonds. The Morgan fingerprint density at radius 1 is 1.00 bits per heavy atom. The third-order valence-electron chi connectivity index (χ3n) is 5.91. The third-order valence-corrected chi connectivity index (χ3v) is 8.10. The molecular weight excluding hydrogens is 426 g/mol. The number of aryl methyl sites for hydroxylation is 1. The molecule has 2 aromatic rings. The molecule has 0 atom stereocenters. The van der Waals surface area contributed by atoms with Crippen LogP contribution in [0.2, 0.25) is 0 Å². The van der Waals surface area contributed by atoms with Gasteiger partial charge in [0.1, 0.15) is 0 Å². The van der Waals surface area contributed by atoms with Gasteiger partial charge < -0.3 is 10.2 Å². The molecule has 172 valence electrons. The number of benzene rings is 2. The van der Waals surface area contributed by atoms with Crippen LogP contribution in [0.5, 0.6) is 0 Å². The molecule has 0 saturated carbocycles. The summed E-state index contributed by atoms with van der Waals surface area (Å²) < 4.78 is 27.4. The molecule has 1 heterocycles. The molecule has 0 radical (unpaired) electrons. The maximum absolute atomic E-state index is 13.1. The van der Waals surface area contributed by atoms with Crippen LogP contribution in [0.1, 0.15) is 53.0 Å². The summed E-state index contributed by atoms with van der Waals surface area (Å²) in [5.74, 6) is -0.297. The van der Waals surface area contributed by atoms with Crippen molar-refractivity contribution in [3.05, 3.63) is 65.2 Å². The lowest BCUT2D eigenvalue weighted by Gasteiger charge is -2.32. The quantitative estimate of drug-likeness (QED) is 0.692. The number of sulfonamides is 1. The lowest BCUT2D eigenvalue weighted by atomic mass is 10.0. The molecular formula is C24H31N3O4S. The van der Waals surface area contributed by atoms with E-state index in [1.165, 1.54) is 10.4 Å². The molecule has 32 heavy (non-hydrogen) atoms. The van der Waals surface area contributed by atoms with Gasteiger partial charge in [-0.05, 0) is 49.6 Å². The second-order valence-corrected chi connectivity index (χ2v) is 9.88. The van der Waals surface area contributed by atoms with Gasteiger partial charge in [0.05, 0.1) is 4.90 Å². The Labute approximate surface area is 190 Å². The number of nitrogens with one attached hydrogen (secondary N) is 1. The summed E-state index contributed by atoms with van der Waals surface area (Å²) in [4.78, 5) is 27.3. The zero-order valence-corrected chi connectivity index (χ0v) is 19.7. The molecule has 1 aliphatic heterocycles. The molecule has 7 nitrogen and oxygen atoms in total. The Balaban J connectivity index is 1.67. The van der Waals surface area contributed by atoms with Gasteiger partial charge >= 0.3 is 0 Å². The SMILES string of the molecule is CCN(CC)S(=O)(=O)c1cc(C(=O)N2CCC(NC(=O)c3ccccc3)CC2)ccc1C. The van der Waals surface area contributed by atoms with Crippen molar-refractivity contribution < 1.29 is 18.0 Å². The molecule has 0 aromatic heterocycles. The van der Waals surface area contributed by atoms with E-state index in [0.717, 1.165) is 0 Å². The van der Waals surface area contributed by atoms with E-state index in [9.17, 15) is 18.0 Å². The van der Waals surface area contributed by atoms with Crippen LogP contribution < -0.4 is 5.32 Å². The Kier molecular flexibility index (Phi) is 7.69. The van der Waals surface area contributed by atoms with Gasteiger partial charge in [0.25, 0.3) is 11.8 Å². The normalized spacial score (nSPS) is 15.1. The highest BCUT2D eigenvalue weighted by atomic mass is 32.2. The first-order chi connectivity index (χ1) is 15.3. The molecule has 3 rings (SSSR count). The number of amides is 2. The van der Waals surface area contributed by atoms with Crippen LogP contribution in [0.15, 0.2) is 53.4 Å². The predicted octanol–water partition coefficient (Wildman–Crippen LogP) is 3.06. The first kappa shape index (κ1) is 23.9. The van der Waals surface area contributed by atoms with Gasteiger partial charge in [-0.1, -0.05) is 38.1 Å². The second-order valence-electron chi connectivity index (χ2n) is 7.98. The number of piperidine rings is 1. The largest absolute Gasteiger partial charge is 0.349 e. The maximum Gasteiger partial charge on any atom is 0.253 e. The van der Waals surface area contributed by atoms with Crippen LogP contribution in [0.3, 0.4) is 0 Å². The molecule has 8 heteroatoms. The molecule has 1 saturated heterocycles. The average Bonchev–Trinajstić information content (AvgIpc) is 2.80. The van der Waals surface area contributed by atoms with E-state index >= 15 is 0 Å². The van der Waals surface area contributed by atoms with Crippen LogP contribution in [0.4, 0.5) is 0 Å². The number of rotatable bonds is 7. The predicted molar refractivity (Wildman–Crippen MR) is 124 cm³/mol. The first-order valence-electron chi connectivity index (χ1n) is 11.0. The van der Waals surface area contributed by atoms with Crippen LogP contribution >= 0.6 is 0 Å². The van der Waals surface area contributed by atoms with E-state index in [4.69, 9.17) is 0 Å². The van der Waals surface area contributed by atoms with Gasteiger partial charge in [-0.3, -0.25) is 9.59 Å². The number of carbonyl (C=O) groups excluding carboxylic acids is 2. The Bertz CT molecular complexity index is 1060. The van der Waals surface area contributed by atoms with Crippen molar-refractivity contribution in [2.75, 3.05) is 26.2 Å². The Hall–Kier alpha value is -2.71. The summed E-state index contributed by atoms with van der Waals surface area (Å²) in [5.41, 5.74) is 1.61. The zero-order chi connectivity index (χ0) is 23.3. The molecule has 1 fully saturated rings. The fourth-order valence-electron chi connectivity index (χ4n) is 3.98. The van der Waals surface area contributed by atoms with Gasteiger partial charge in [-0.25, -0.2) is 8.42 Å². The van der Waals surface area contributed by atoms with Crippen LogP contribution in [0.25, 0.3) is 0 Å². The van der Waals surface area contributed by atoms with E-state index in [-0.39, 0.29) is 22.8 Å². The molecule has 2 aromatic carbocycles. The number of likely N-dealkylation sites (tertiary alicyclic amines) is 1. The lowest BCUT2D eigenvalue weighted by molar-refractivity contribution is 0.0698. The monoisotopic (exact) mass is 457 g/mol. The van der Waals surface area contributed by atoms with E-state index < -0.39 is 10.0 Å². The highest BCUT2D eigenvalue weighted by Crippen LogP contribution is 2.23. The maximum atomic E-state index is 13.1. The molecule has 0 aliphatic carbocycles. The lowest BCUT2D eigenvalue weighted by Crippen LogP contribution is -2.46. The molecule has 0 bridgehead atoms. The van der Waals surface area contributed by atoms with Crippen molar-refractivity contribution >= 4 is 21.8 Å². The topological polar surface area (TPSA) is 86.8 Å². The van der Waals surface area contributed by atoms with Crippen molar-refractivity contribution in [1.82, 2.24) is 14.5 Å². The molecule has 0 spiro atoms. The van der Waals surface area contributed by atoms with Crippen molar-refractivity contribution in [2.45, 2.75) is 44.6 Å². The van der Waals surface area contributed by atoms with Crippen LogP contribution in [0, 0.1) is 6.92 Å². The fraction of sp³-hybridized carbons (Fsp3) is 0.417. The molecule has 1 N–H and O–H groups in total. The second kappa shape index (κ2) is 10.3. The third kappa shape index (κ3) is 5.19. The standard InChI is InChI=1S/C24H31N3O4S/c1-4-27(5-2)32(30,31)22-17-20(12-11-18(22)3)24(29)26-15-13-21(14-16-26)25-23(28)19-9-7-6-8-10-19/h6-12,17,21H,4-5,13-16H2,1-3H3,(H,25,28). The van der Waals surface area contributed by atoms with Gasteiger partial charge in [0, 0.05) is 43.3 Å². The number of hydrogen-bond acceptors (Lipinski definition) is 4. The molecule has 1 aliphatic rings.